The molecule has 0 bridgehead atoms. The molecule has 35 heavy (non-hydrogen) atoms. The molecule has 5 aromatic rings. The van der Waals surface area contributed by atoms with E-state index in [9.17, 15) is 5.26 Å². The third kappa shape index (κ3) is 4.77. The average Bonchev–Trinajstić information content (AvgIpc) is 2.91. The summed E-state index contributed by atoms with van der Waals surface area (Å²) in [5, 5.41) is 14.5. The van der Waals surface area contributed by atoms with Crippen molar-refractivity contribution < 1.29 is 9.47 Å². The molecule has 0 amide bonds. The van der Waals surface area contributed by atoms with Crippen LogP contribution in [0.25, 0.3) is 33.2 Å². The van der Waals surface area contributed by atoms with Gasteiger partial charge in [-0.25, -0.2) is 0 Å². The van der Waals surface area contributed by atoms with Crippen molar-refractivity contribution in [3.63, 3.8) is 0 Å². The summed E-state index contributed by atoms with van der Waals surface area (Å²) in [6.45, 7) is 0.417. The second-order valence-electron chi connectivity index (χ2n) is 8.18. The molecule has 0 spiro atoms. The van der Waals surface area contributed by atoms with Gasteiger partial charge in [0.15, 0.2) is 11.5 Å². The highest BCUT2D eigenvalue weighted by molar-refractivity contribution is 9.10. The number of methoxy groups -OCH3 is 1. The molecule has 0 saturated heterocycles. The maximum atomic E-state index is 9.89. The molecule has 3 nitrogen and oxygen atoms in total. The van der Waals surface area contributed by atoms with Crippen LogP contribution in [0.2, 0.25) is 0 Å². The number of fused-ring (bicyclic) bond motifs is 2. The van der Waals surface area contributed by atoms with Crippen molar-refractivity contribution >= 4 is 49.1 Å². The molecule has 0 N–H and O–H groups in total. The van der Waals surface area contributed by atoms with Crippen molar-refractivity contribution in [3.8, 4) is 17.6 Å². The molecule has 170 valence electrons. The molecule has 0 heterocycles. The Morgan fingerprint density at radius 1 is 0.829 bits per heavy atom. The largest absolute Gasteiger partial charge is 0.493 e. The number of benzene rings is 5. The van der Waals surface area contributed by atoms with Gasteiger partial charge in [0, 0.05) is 4.47 Å². The highest BCUT2D eigenvalue weighted by atomic mass is 79.9. The summed E-state index contributed by atoms with van der Waals surface area (Å²) in [5.41, 5.74) is 3.38. The van der Waals surface area contributed by atoms with Crippen LogP contribution >= 0.6 is 15.9 Å². The molecule has 0 aliphatic rings. The standard InChI is InChI=1S/C31H22BrNO2/c1-34-30-17-26(16-27(19-33)24-14-13-21-7-2-3-9-23(21)15-24)29(32)18-31(30)35-20-25-11-6-10-22-8-4-5-12-28(22)25/h2-18H,20H2,1H3/b27-16-. The van der Waals surface area contributed by atoms with Crippen LogP contribution in [0.5, 0.6) is 11.5 Å². The molecule has 0 aromatic heterocycles. The van der Waals surface area contributed by atoms with Gasteiger partial charge < -0.3 is 9.47 Å². The zero-order valence-corrected chi connectivity index (χ0v) is 20.7. The van der Waals surface area contributed by atoms with Crippen LogP contribution in [0.15, 0.2) is 102 Å². The Balaban J connectivity index is 1.45. The molecule has 0 radical (unpaired) electrons. The number of nitriles is 1. The van der Waals surface area contributed by atoms with E-state index in [1.54, 1.807) is 7.11 Å². The predicted molar refractivity (Wildman–Crippen MR) is 146 cm³/mol. The number of rotatable bonds is 6. The maximum absolute atomic E-state index is 9.89. The van der Waals surface area contributed by atoms with E-state index in [0.717, 1.165) is 31.9 Å². The summed E-state index contributed by atoms with van der Waals surface area (Å²) >= 11 is 3.66. The van der Waals surface area contributed by atoms with Gasteiger partial charge in [-0.3, -0.25) is 0 Å². The average molecular weight is 520 g/mol. The Morgan fingerprint density at radius 3 is 2.37 bits per heavy atom. The smallest absolute Gasteiger partial charge is 0.162 e. The molecule has 5 aromatic carbocycles. The second kappa shape index (κ2) is 10.0. The van der Waals surface area contributed by atoms with Gasteiger partial charge in [-0.05, 0) is 62.5 Å². The number of halogens is 1. The quantitative estimate of drug-likeness (QED) is 0.167. The van der Waals surface area contributed by atoms with E-state index in [0.29, 0.717) is 23.7 Å². The molecule has 0 aliphatic carbocycles. The number of hydrogen-bond donors (Lipinski definition) is 0. The Bertz CT molecular complexity index is 1610. The number of nitrogens with zero attached hydrogens (tertiary/aromatic N) is 1. The Morgan fingerprint density at radius 2 is 1.57 bits per heavy atom. The van der Waals surface area contributed by atoms with Gasteiger partial charge >= 0.3 is 0 Å². The van der Waals surface area contributed by atoms with Gasteiger partial charge in [0.2, 0.25) is 0 Å². The molecular weight excluding hydrogens is 498 g/mol. The first-order chi connectivity index (χ1) is 17.2. The fourth-order valence-corrected chi connectivity index (χ4v) is 4.64. The Kier molecular flexibility index (Phi) is 6.52. The monoisotopic (exact) mass is 519 g/mol. The van der Waals surface area contributed by atoms with Crippen LogP contribution in [-0.2, 0) is 6.61 Å². The van der Waals surface area contributed by atoms with Crippen LogP contribution in [0.4, 0.5) is 0 Å². The summed E-state index contributed by atoms with van der Waals surface area (Å²) in [5.74, 6) is 1.24. The molecule has 0 aliphatic heterocycles. The minimum Gasteiger partial charge on any atom is -0.493 e. The molecule has 5 rings (SSSR count). The number of allylic oxidation sites excluding steroid dienone is 1. The van der Waals surface area contributed by atoms with E-state index in [1.807, 2.05) is 66.7 Å². The molecule has 0 fully saturated rings. The fourth-order valence-electron chi connectivity index (χ4n) is 4.20. The Labute approximate surface area is 213 Å². The lowest BCUT2D eigenvalue weighted by Gasteiger charge is -2.14. The molecule has 0 atom stereocenters. The van der Waals surface area contributed by atoms with Crippen LogP contribution < -0.4 is 9.47 Å². The summed E-state index contributed by atoms with van der Waals surface area (Å²) in [6.07, 6.45) is 1.87. The summed E-state index contributed by atoms with van der Waals surface area (Å²) in [7, 11) is 1.62. The third-order valence-electron chi connectivity index (χ3n) is 6.03. The van der Waals surface area contributed by atoms with Crippen LogP contribution in [0.1, 0.15) is 16.7 Å². The van der Waals surface area contributed by atoms with Crippen LogP contribution in [0, 0.1) is 11.3 Å². The van der Waals surface area contributed by atoms with Crippen molar-refractivity contribution in [3.05, 3.63) is 118 Å². The van der Waals surface area contributed by atoms with Crippen molar-refractivity contribution in [1.29, 1.82) is 5.26 Å². The number of ether oxygens (including phenoxy) is 2. The Hall–Kier alpha value is -4.07. The van der Waals surface area contributed by atoms with Gasteiger partial charge in [-0.15, -0.1) is 0 Å². The zero-order chi connectivity index (χ0) is 24.2. The first kappa shape index (κ1) is 22.7. The first-order valence-electron chi connectivity index (χ1n) is 11.2. The van der Waals surface area contributed by atoms with Crippen molar-refractivity contribution in [2.45, 2.75) is 6.61 Å². The maximum Gasteiger partial charge on any atom is 0.162 e. The number of hydrogen-bond acceptors (Lipinski definition) is 3. The van der Waals surface area contributed by atoms with Crippen molar-refractivity contribution in [2.24, 2.45) is 0 Å². The van der Waals surface area contributed by atoms with Crippen LogP contribution in [0.3, 0.4) is 0 Å². The van der Waals surface area contributed by atoms with Gasteiger partial charge in [0.05, 0.1) is 18.8 Å². The lowest BCUT2D eigenvalue weighted by atomic mass is 10.00. The fraction of sp³-hybridized carbons (Fsp3) is 0.0645. The normalized spacial score (nSPS) is 11.4. The first-order valence-corrected chi connectivity index (χ1v) is 12.0. The molecule has 0 saturated carbocycles. The lowest BCUT2D eigenvalue weighted by molar-refractivity contribution is 0.285. The lowest BCUT2D eigenvalue weighted by Crippen LogP contribution is -1.99. The minimum absolute atomic E-state index is 0.417. The van der Waals surface area contributed by atoms with Crippen molar-refractivity contribution in [1.82, 2.24) is 0 Å². The van der Waals surface area contributed by atoms with Gasteiger partial charge in [0.25, 0.3) is 0 Å². The summed E-state index contributed by atoms with van der Waals surface area (Å²) in [4.78, 5) is 0. The van der Waals surface area contributed by atoms with Crippen LogP contribution in [-0.4, -0.2) is 7.11 Å². The van der Waals surface area contributed by atoms with E-state index < -0.39 is 0 Å². The summed E-state index contributed by atoms with van der Waals surface area (Å²) < 4.78 is 12.6. The topological polar surface area (TPSA) is 42.2 Å². The summed E-state index contributed by atoms with van der Waals surface area (Å²) in [6, 6.07) is 34.8. The van der Waals surface area contributed by atoms with E-state index in [1.165, 1.54) is 10.8 Å². The van der Waals surface area contributed by atoms with E-state index in [2.05, 4.69) is 58.4 Å². The van der Waals surface area contributed by atoms with Gasteiger partial charge in [-0.2, -0.15) is 5.26 Å². The van der Waals surface area contributed by atoms with E-state index >= 15 is 0 Å². The third-order valence-corrected chi connectivity index (χ3v) is 6.71. The van der Waals surface area contributed by atoms with Crippen molar-refractivity contribution in [2.75, 3.05) is 7.11 Å². The SMILES string of the molecule is COc1cc(/C=C(/C#N)c2ccc3ccccc3c2)c(Br)cc1OCc1cccc2ccccc12. The molecule has 0 unspecified atom stereocenters. The van der Waals surface area contributed by atoms with Gasteiger partial charge in [-0.1, -0.05) is 94.8 Å². The van der Waals surface area contributed by atoms with E-state index in [-0.39, 0.29) is 0 Å². The van der Waals surface area contributed by atoms with E-state index in [4.69, 9.17) is 9.47 Å². The second-order valence-corrected chi connectivity index (χ2v) is 9.04. The highest BCUT2D eigenvalue weighted by Crippen LogP contribution is 2.36. The highest BCUT2D eigenvalue weighted by Gasteiger charge is 2.12. The molecular formula is C31H22BrNO2. The zero-order valence-electron chi connectivity index (χ0n) is 19.2. The molecule has 4 heteroatoms. The predicted octanol–water partition coefficient (Wildman–Crippen LogP) is 8.41. The van der Waals surface area contributed by atoms with Gasteiger partial charge in [0.1, 0.15) is 6.61 Å². The minimum atomic E-state index is 0.417.